The molecule has 1 atom stereocenters. The fourth-order valence-electron chi connectivity index (χ4n) is 3.75. The summed E-state index contributed by atoms with van der Waals surface area (Å²) in [6.07, 6.45) is 2.07. The van der Waals surface area contributed by atoms with Crippen LogP contribution in [-0.2, 0) is 10.0 Å². The maximum absolute atomic E-state index is 14.5. The van der Waals surface area contributed by atoms with Crippen molar-refractivity contribution in [2.75, 3.05) is 25.1 Å². The second kappa shape index (κ2) is 9.36. The molecule has 3 rings (SSSR count). The lowest BCUT2D eigenvalue weighted by molar-refractivity contribution is 0.0975. The van der Waals surface area contributed by atoms with E-state index in [9.17, 15) is 17.6 Å². The highest BCUT2D eigenvalue weighted by molar-refractivity contribution is 7.89. The summed E-state index contributed by atoms with van der Waals surface area (Å²) >= 11 is 0. The smallest absolute Gasteiger partial charge is 0.258 e. The maximum Gasteiger partial charge on any atom is 0.258 e. The molecule has 0 heterocycles. The Balaban J connectivity index is 2.03. The Morgan fingerprint density at radius 3 is 2.26 bits per heavy atom. The number of amides is 1. The summed E-state index contributed by atoms with van der Waals surface area (Å²) in [5, 5.41) is 0. The standard InChI is InChI=1S/C23H29FN2O4S/c1-5-25(6-2)31(28,29)22-15-18(9-14-21(22)24)23(27)26(16(3)17-7-8-17)19-10-12-20(30-4)13-11-19/h9-17H,5-8H2,1-4H3. The van der Waals surface area contributed by atoms with E-state index >= 15 is 0 Å². The first-order valence-corrected chi connectivity index (χ1v) is 12.0. The first-order valence-electron chi connectivity index (χ1n) is 10.5. The zero-order valence-electron chi connectivity index (χ0n) is 18.3. The molecule has 0 saturated heterocycles. The van der Waals surface area contributed by atoms with E-state index in [0.717, 1.165) is 25.0 Å². The molecular formula is C23H29FN2O4S. The predicted octanol–water partition coefficient (Wildman–Crippen LogP) is 4.31. The molecule has 1 unspecified atom stereocenters. The van der Waals surface area contributed by atoms with E-state index in [1.54, 1.807) is 50.1 Å². The summed E-state index contributed by atoms with van der Waals surface area (Å²) < 4.78 is 46.7. The molecule has 2 aromatic rings. The first kappa shape index (κ1) is 23.2. The molecule has 1 amide bonds. The minimum absolute atomic E-state index is 0.0752. The second-order valence-electron chi connectivity index (χ2n) is 7.69. The molecule has 31 heavy (non-hydrogen) atoms. The van der Waals surface area contributed by atoms with Gasteiger partial charge < -0.3 is 9.64 Å². The number of hydrogen-bond acceptors (Lipinski definition) is 4. The number of halogens is 1. The van der Waals surface area contributed by atoms with Gasteiger partial charge in [0, 0.05) is 30.4 Å². The van der Waals surface area contributed by atoms with Gasteiger partial charge in [0.05, 0.1) is 7.11 Å². The number of benzene rings is 2. The zero-order valence-corrected chi connectivity index (χ0v) is 19.2. The van der Waals surface area contributed by atoms with E-state index in [1.807, 2.05) is 6.92 Å². The maximum atomic E-state index is 14.5. The molecule has 0 N–H and O–H groups in total. The van der Waals surface area contributed by atoms with Gasteiger partial charge in [0.15, 0.2) is 0 Å². The molecule has 8 heteroatoms. The zero-order chi connectivity index (χ0) is 22.8. The van der Waals surface area contributed by atoms with E-state index in [0.29, 0.717) is 17.4 Å². The number of ether oxygens (including phenoxy) is 1. The summed E-state index contributed by atoms with van der Waals surface area (Å²) in [6.45, 7) is 5.80. The third kappa shape index (κ3) is 4.75. The van der Waals surface area contributed by atoms with Crippen molar-refractivity contribution in [2.24, 2.45) is 5.92 Å². The van der Waals surface area contributed by atoms with E-state index in [4.69, 9.17) is 4.74 Å². The highest BCUT2D eigenvalue weighted by atomic mass is 32.2. The van der Waals surface area contributed by atoms with Crippen LogP contribution in [0.2, 0.25) is 0 Å². The molecule has 1 aliphatic carbocycles. The molecule has 1 fully saturated rings. The highest BCUT2D eigenvalue weighted by Gasteiger charge is 2.36. The number of rotatable bonds is 9. The van der Waals surface area contributed by atoms with E-state index in [2.05, 4.69) is 0 Å². The first-order chi connectivity index (χ1) is 14.7. The molecule has 0 spiro atoms. The lowest BCUT2D eigenvalue weighted by atomic mass is 10.1. The molecule has 0 aliphatic heterocycles. The molecule has 1 saturated carbocycles. The molecule has 0 aromatic heterocycles. The fourth-order valence-corrected chi connectivity index (χ4v) is 5.29. The molecule has 168 valence electrons. The van der Waals surface area contributed by atoms with E-state index < -0.39 is 20.7 Å². The quantitative estimate of drug-likeness (QED) is 0.573. The van der Waals surface area contributed by atoms with E-state index in [-0.39, 0.29) is 30.6 Å². The lowest BCUT2D eigenvalue weighted by Gasteiger charge is -2.30. The van der Waals surface area contributed by atoms with Crippen molar-refractivity contribution in [1.29, 1.82) is 0 Å². The number of hydrogen-bond donors (Lipinski definition) is 0. The molecule has 6 nitrogen and oxygen atoms in total. The summed E-state index contributed by atoms with van der Waals surface area (Å²) in [6, 6.07) is 10.6. The normalized spacial score (nSPS) is 15.0. The topological polar surface area (TPSA) is 66.9 Å². The summed E-state index contributed by atoms with van der Waals surface area (Å²) in [5.74, 6) is -0.176. The van der Waals surface area contributed by atoms with Gasteiger partial charge in [0.1, 0.15) is 16.5 Å². The van der Waals surface area contributed by atoms with Crippen molar-refractivity contribution in [3.8, 4) is 5.75 Å². The number of methoxy groups -OCH3 is 1. The van der Waals surface area contributed by atoms with Crippen molar-refractivity contribution >= 4 is 21.6 Å². The number of sulfonamides is 1. The third-order valence-corrected chi connectivity index (χ3v) is 7.85. The van der Waals surface area contributed by atoms with Crippen LogP contribution in [0, 0.1) is 11.7 Å². The number of carbonyl (C=O) groups is 1. The molecule has 0 bridgehead atoms. The number of nitrogens with zero attached hydrogens (tertiary/aromatic N) is 2. The van der Waals surface area contributed by atoms with Gasteiger partial charge in [0.25, 0.3) is 5.91 Å². The lowest BCUT2D eigenvalue weighted by Crippen LogP contribution is -2.40. The van der Waals surface area contributed by atoms with Gasteiger partial charge in [-0.25, -0.2) is 12.8 Å². The Kier molecular flexibility index (Phi) is 7.01. The predicted molar refractivity (Wildman–Crippen MR) is 118 cm³/mol. The minimum atomic E-state index is -4.04. The van der Waals surface area contributed by atoms with Crippen molar-refractivity contribution in [3.05, 3.63) is 53.8 Å². The summed E-state index contributed by atoms with van der Waals surface area (Å²) in [7, 11) is -2.47. The molecule has 2 aromatic carbocycles. The average Bonchev–Trinajstić information content (AvgIpc) is 3.60. The van der Waals surface area contributed by atoms with Crippen LogP contribution in [0.1, 0.15) is 44.0 Å². The van der Waals surface area contributed by atoms with Gasteiger partial charge in [-0.2, -0.15) is 4.31 Å². The fraction of sp³-hybridized carbons (Fsp3) is 0.435. The Labute approximate surface area is 183 Å². The largest absolute Gasteiger partial charge is 0.497 e. The SMILES string of the molecule is CCN(CC)S(=O)(=O)c1cc(C(=O)N(c2ccc(OC)cc2)C(C)C2CC2)ccc1F. The molecular weight excluding hydrogens is 419 g/mol. The van der Waals surface area contributed by atoms with Crippen LogP contribution >= 0.6 is 0 Å². The Morgan fingerprint density at radius 2 is 1.74 bits per heavy atom. The van der Waals surface area contributed by atoms with Crippen molar-refractivity contribution in [2.45, 2.75) is 44.6 Å². The summed E-state index contributed by atoms with van der Waals surface area (Å²) in [5.41, 5.74) is 0.818. The van der Waals surface area contributed by atoms with Gasteiger partial charge in [-0.05, 0) is 68.1 Å². The Hall–Kier alpha value is -2.45. The highest BCUT2D eigenvalue weighted by Crippen LogP contribution is 2.38. The number of anilines is 1. The second-order valence-corrected chi connectivity index (χ2v) is 9.59. The van der Waals surface area contributed by atoms with Gasteiger partial charge >= 0.3 is 0 Å². The average molecular weight is 449 g/mol. The van der Waals surface area contributed by atoms with Gasteiger partial charge in [-0.1, -0.05) is 13.8 Å². The summed E-state index contributed by atoms with van der Waals surface area (Å²) in [4.78, 5) is 14.7. The Bertz CT molecular complexity index is 1030. The van der Waals surface area contributed by atoms with Gasteiger partial charge in [-0.3, -0.25) is 4.79 Å². The third-order valence-electron chi connectivity index (χ3n) is 5.78. The van der Waals surface area contributed by atoms with Crippen LogP contribution in [-0.4, -0.2) is 44.9 Å². The Morgan fingerprint density at radius 1 is 1.13 bits per heavy atom. The van der Waals surface area contributed by atoms with Gasteiger partial charge in [0.2, 0.25) is 10.0 Å². The van der Waals surface area contributed by atoms with Crippen LogP contribution in [0.15, 0.2) is 47.4 Å². The van der Waals surface area contributed by atoms with Crippen molar-refractivity contribution in [3.63, 3.8) is 0 Å². The minimum Gasteiger partial charge on any atom is -0.497 e. The molecule has 1 aliphatic rings. The molecule has 0 radical (unpaired) electrons. The van der Waals surface area contributed by atoms with E-state index in [1.165, 1.54) is 10.4 Å². The van der Waals surface area contributed by atoms with Crippen LogP contribution in [0.3, 0.4) is 0 Å². The van der Waals surface area contributed by atoms with Crippen LogP contribution < -0.4 is 9.64 Å². The van der Waals surface area contributed by atoms with Crippen LogP contribution in [0.5, 0.6) is 5.75 Å². The van der Waals surface area contributed by atoms with Crippen LogP contribution in [0.4, 0.5) is 10.1 Å². The van der Waals surface area contributed by atoms with Crippen molar-refractivity contribution in [1.82, 2.24) is 4.31 Å². The van der Waals surface area contributed by atoms with Crippen molar-refractivity contribution < 1.29 is 22.3 Å². The monoisotopic (exact) mass is 448 g/mol. The van der Waals surface area contributed by atoms with Gasteiger partial charge in [-0.15, -0.1) is 0 Å². The van der Waals surface area contributed by atoms with Crippen LogP contribution in [0.25, 0.3) is 0 Å². The number of carbonyl (C=O) groups excluding carboxylic acids is 1.